The van der Waals surface area contributed by atoms with Crippen molar-refractivity contribution in [3.8, 4) is 0 Å². The molecule has 2 nitrogen and oxygen atoms in total. The Hall–Kier alpha value is 0.302. The van der Waals surface area contributed by atoms with Gasteiger partial charge >= 0.3 is 27.3 Å². The zero-order chi connectivity index (χ0) is 2.71. The van der Waals surface area contributed by atoms with E-state index in [1.54, 1.807) is 0 Å². The number of hydrogen-bond acceptors (Lipinski definition) is 0. The van der Waals surface area contributed by atoms with Gasteiger partial charge in [-0.05, 0) is 0 Å². The quantitative estimate of drug-likeness (QED) is 0.424. The van der Waals surface area contributed by atoms with E-state index in [1.807, 2.05) is 0 Å². The molecule has 3 heteroatoms. The van der Waals surface area contributed by atoms with E-state index >= 15 is 0 Å². The second kappa shape index (κ2) is 10.3. The number of nitrogens with zero attached hydrogens (tertiary/aromatic N) is 2. The molecule has 0 amide bonds. The van der Waals surface area contributed by atoms with Crippen LogP contribution in [0.5, 0.6) is 0 Å². The molecule has 0 aliphatic rings. The number of rotatable bonds is 0. The third-order valence-electron chi connectivity index (χ3n) is 0. The maximum atomic E-state index is 6.88. The van der Waals surface area contributed by atoms with Crippen molar-refractivity contribution < 1.29 is 0 Å². The summed E-state index contributed by atoms with van der Waals surface area (Å²) in [6, 6.07) is 0.750. The molecule has 0 atom stereocenters. The third kappa shape index (κ3) is 42.8. The van der Waals surface area contributed by atoms with Gasteiger partial charge in [0.2, 0.25) is 0 Å². The normalized spacial score (nSPS) is 2.00. The van der Waals surface area contributed by atoms with Crippen LogP contribution in [0.25, 0.3) is 10.8 Å². The van der Waals surface area contributed by atoms with Gasteiger partial charge in [-0.25, -0.2) is 0 Å². The first-order chi connectivity index (χ1) is 1.41. The largest absolute Gasteiger partial charge is 2.00 e. The van der Waals surface area contributed by atoms with Crippen LogP contribution in [-0.4, -0.2) is 33.3 Å². The van der Waals surface area contributed by atoms with Crippen molar-refractivity contribution in [2.45, 2.75) is 0 Å². The van der Waals surface area contributed by atoms with Crippen molar-refractivity contribution in [2.75, 3.05) is 0 Å². The van der Waals surface area contributed by atoms with Crippen LogP contribution < -0.4 is 0 Å². The predicted octanol–water partition coefficient (Wildman–Crippen LogP) is -0.0817. The van der Waals surface area contributed by atoms with Crippen molar-refractivity contribution in [3.63, 3.8) is 0 Å². The van der Waals surface area contributed by atoms with Gasteiger partial charge in [0.05, 0.1) is 0 Å². The maximum Gasteiger partial charge on any atom is 2.00 e. The SMILES string of the molecule is [N-]=C=[N-].[Pb+2]. The van der Waals surface area contributed by atoms with Gasteiger partial charge < -0.3 is 16.8 Å². The molecule has 0 aliphatic heterocycles. The molecule has 0 aromatic carbocycles. The Labute approximate surface area is 44.4 Å². The molecule has 0 aromatic heterocycles. The van der Waals surface area contributed by atoms with E-state index in [1.165, 1.54) is 0 Å². The fourth-order valence-electron chi connectivity index (χ4n) is 0. The summed E-state index contributed by atoms with van der Waals surface area (Å²) in [7, 11) is 0. The summed E-state index contributed by atoms with van der Waals surface area (Å²) in [6.07, 6.45) is 0. The van der Waals surface area contributed by atoms with E-state index in [0.717, 1.165) is 6.01 Å². The van der Waals surface area contributed by atoms with Crippen molar-refractivity contribution in [1.82, 2.24) is 0 Å². The first kappa shape index (κ1) is 8.85. The molecule has 18 valence electrons. The molecule has 0 aliphatic carbocycles. The zero-order valence-corrected chi connectivity index (χ0v) is 5.78. The average molecular weight is 247 g/mol. The first-order valence-electron chi connectivity index (χ1n) is 0.447. The van der Waals surface area contributed by atoms with Crippen LogP contribution in [0.2, 0.25) is 0 Å². The fourth-order valence-corrected chi connectivity index (χ4v) is 0. The van der Waals surface area contributed by atoms with Crippen molar-refractivity contribution in [1.29, 1.82) is 0 Å². The summed E-state index contributed by atoms with van der Waals surface area (Å²) in [5.74, 6) is 0. The van der Waals surface area contributed by atoms with Gasteiger partial charge in [-0.2, -0.15) is 0 Å². The molecule has 4 heavy (non-hydrogen) atoms. The summed E-state index contributed by atoms with van der Waals surface area (Å²) in [5, 5.41) is 13.8. The second-order valence-electron chi connectivity index (χ2n) is 0.100. The van der Waals surface area contributed by atoms with Crippen molar-refractivity contribution >= 4 is 33.3 Å². The minimum atomic E-state index is 0. The molecule has 0 heterocycles. The van der Waals surface area contributed by atoms with Crippen LogP contribution in [0.15, 0.2) is 0 Å². The summed E-state index contributed by atoms with van der Waals surface area (Å²) >= 11 is 0. The standard InChI is InChI=1S/CN2.Pb/c2-1-3;/q-2;+2. The van der Waals surface area contributed by atoms with Crippen LogP contribution in [-0.2, 0) is 0 Å². The Kier molecular flexibility index (Phi) is 22.8. The minimum Gasteiger partial charge on any atom is -0.786 e. The molecular weight excluding hydrogens is 247 g/mol. The summed E-state index contributed by atoms with van der Waals surface area (Å²) in [4.78, 5) is 0. The molecule has 0 bridgehead atoms. The van der Waals surface area contributed by atoms with Gasteiger partial charge in [0.25, 0.3) is 0 Å². The number of hydrogen-bond donors (Lipinski definition) is 0. The fraction of sp³-hybridized carbons (Fsp3) is 0. The Morgan fingerprint density at radius 2 is 1.25 bits per heavy atom. The van der Waals surface area contributed by atoms with Crippen LogP contribution in [0.1, 0.15) is 0 Å². The van der Waals surface area contributed by atoms with Gasteiger partial charge in [-0.1, -0.05) is 0 Å². The molecular formula is CN2Pb. The van der Waals surface area contributed by atoms with Crippen molar-refractivity contribution in [3.05, 3.63) is 10.8 Å². The zero-order valence-electron chi connectivity index (χ0n) is 1.89. The minimum absolute atomic E-state index is 0. The monoisotopic (exact) mass is 248 g/mol. The Bertz CT molecular complexity index is 27.0. The molecule has 0 aromatic rings. The van der Waals surface area contributed by atoms with Gasteiger partial charge in [-0.15, -0.1) is 0 Å². The second-order valence-corrected chi connectivity index (χ2v) is 0.100. The molecule has 0 N–H and O–H groups in total. The van der Waals surface area contributed by atoms with E-state index in [9.17, 15) is 0 Å². The Morgan fingerprint density at radius 1 is 1.25 bits per heavy atom. The van der Waals surface area contributed by atoms with E-state index < -0.39 is 0 Å². The Morgan fingerprint density at radius 3 is 1.25 bits per heavy atom. The van der Waals surface area contributed by atoms with E-state index in [-0.39, 0.29) is 27.3 Å². The van der Waals surface area contributed by atoms with E-state index in [2.05, 4.69) is 0 Å². The topological polar surface area (TPSA) is 44.6 Å². The van der Waals surface area contributed by atoms with Crippen LogP contribution >= 0.6 is 0 Å². The molecule has 0 fully saturated rings. The summed E-state index contributed by atoms with van der Waals surface area (Å²) in [5.41, 5.74) is 0. The molecule has 0 saturated heterocycles. The summed E-state index contributed by atoms with van der Waals surface area (Å²) in [6.45, 7) is 0. The summed E-state index contributed by atoms with van der Waals surface area (Å²) < 4.78 is 0. The molecule has 0 rings (SSSR count). The van der Waals surface area contributed by atoms with E-state index in [0.29, 0.717) is 0 Å². The molecule has 2 radical (unpaired) electrons. The van der Waals surface area contributed by atoms with Crippen LogP contribution in [0, 0.1) is 0 Å². The van der Waals surface area contributed by atoms with Crippen LogP contribution in [0.4, 0.5) is 0 Å². The van der Waals surface area contributed by atoms with E-state index in [4.69, 9.17) is 10.8 Å². The van der Waals surface area contributed by atoms with Gasteiger partial charge in [-0.3, -0.25) is 0 Å². The predicted molar refractivity (Wildman–Crippen MR) is 17.5 cm³/mol. The molecule has 0 unspecified atom stereocenters. The van der Waals surface area contributed by atoms with Crippen molar-refractivity contribution in [2.24, 2.45) is 0 Å². The van der Waals surface area contributed by atoms with Gasteiger partial charge in [0.1, 0.15) is 0 Å². The third-order valence-corrected chi connectivity index (χ3v) is 0. The Balaban J connectivity index is 0. The first-order valence-corrected chi connectivity index (χ1v) is 0.447. The van der Waals surface area contributed by atoms with Crippen LogP contribution in [0.3, 0.4) is 0 Å². The molecule has 0 saturated carbocycles. The molecule has 0 spiro atoms. The maximum absolute atomic E-state index is 6.88. The smallest absolute Gasteiger partial charge is 0.786 e. The van der Waals surface area contributed by atoms with Gasteiger partial charge in [0.15, 0.2) is 0 Å². The van der Waals surface area contributed by atoms with Gasteiger partial charge in [0, 0.05) is 0 Å². The average Bonchev–Trinajstić information content (AvgIpc) is 0.918.